The van der Waals surface area contributed by atoms with Crippen molar-refractivity contribution in [2.24, 2.45) is 0 Å². The highest BCUT2D eigenvalue weighted by Gasteiger charge is 1.79. The van der Waals surface area contributed by atoms with Gasteiger partial charge in [0.1, 0.15) is 5.78 Å². The lowest BCUT2D eigenvalue weighted by Crippen LogP contribution is -1.89. The number of rotatable bonds is 0. The maximum absolute atomic E-state index is 9.44. The number of carbonyl (C=O) groups excluding carboxylic acids is 2. The van der Waals surface area contributed by atoms with Crippen LogP contribution >= 0.6 is 0 Å². The van der Waals surface area contributed by atoms with Crippen molar-refractivity contribution < 1.29 is 19.7 Å². The fourth-order valence-corrected chi connectivity index (χ4v) is 0. The van der Waals surface area contributed by atoms with Gasteiger partial charge in [-0.2, -0.15) is 5.26 Å². The molecule has 0 amide bonds. The molecule has 0 aromatic carbocycles. The lowest BCUT2D eigenvalue weighted by Gasteiger charge is -1.76. The van der Waals surface area contributed by atoms with Crippen LogP contribution in [0.3, 0.4) is 0 Å². The van der Waals surface area contributed by atoms with E-state index in [4.69, 9.17) is 5.26 Å². The molecular formula is C5H10O4. The molecule has 0 unspecified atom stereocenters. The first-order valence-corrected chi connectivity index (χ1v) is 2.29. The van der Waals surface area contributed by atoms with Crippen molar-refractivity contribution in [3.63, 3.8) is 0 Å². The zero-order valence-corrected chi connectivity index (χ0v) is 5.67. The molecule has 0 saturated heterocycles. The summed E-state index contributed by atoms with van der Waals surface area (Å²) in [6, 6.07) is 0. The second-order valence-corrected chi connectivity index (χ2v) is 1.49. The molecule has 0 spiro atoms. The molecule has 0 aliphatic rings. The van der Waals surface area contributed by atoms with Crippen molar-refractivity contribution in [1.29, 1.82) is 0 Å². The molecule has 0 aliphatic carbocycles. The van der Waals surface area contributed by atoms with Crippen LogP contribution in [0.2, 0.25) is 0 Å². The van der Waals surface area contributed by atoms with E-state index in [2.05, 4.69) is 4.89 Å². The van der Waals surface area contributed by atoms with Crippen molar-refractivity contribution in [3.05, 3.63) is 0 Å². The Morgan fingerprint density at radius 3 is 1.33 bits per heavy atom. The predicted molar refractivity (Wildman–Crippen MR) is 30.7 cm³/mol. The predicted octanol–water partition coefficient (Wildman–Crippen LogP) is 0.618. The van der Waals surface area contributed by atoms with Crippen molar-refractivity contribution in [2.75, 3.05) is 0 Å². The van der Waals surface area contributed by atoms with Gasteiger partial charge in [-0.05, 0) is 13.8 Å². The van der Waals surface area contributed by atoms with Gasteiger partial charge in [-0.3, -0.25) is 0 Å². The standard InChI is InChI=1S/C3H6O.C2H4O3/c1-3(2)4;1-2(3)5-4/h1-2H3;4H,1H3. The van der Waals surface area contributed by atoms with Crippen LogP contribution in [0.5, 0.6) is 0 Å². The molecular weight excluding hydrogens is 124 g/mol. The maximum atomic E-state index is 9.44. The molecule has 0 aromatic heterocycles. The van der Waals surface area contributed by atoms with Gasteiger partial charge in [0.2, 0.25) is 0 Å². The number of Topliss-reactive ketones (excluding diaryl/α,β-unsaturated/α-hetero) is 1. The second kappa shape index (κ2) is 7.10. The first-order chi connectivity index (χ1) is 4.00. The molecule has 4 heteroatoms. The van der Waals surface area contributed by atoms with E-state index >= 15 is 0 Å². The summed E-state index contributed by atoms with van der Waals surface area (Å²) in [4.78, 5) is 21.9. The normalized spacial score (nSPS) is 6.67. The Morgan fingerprint density at radius 1 is 1.22 bits per heavy atom. The van der Waals surface area contributed by atoms with Gasteiger partial charge in [0.15, 0.2) is 0 Å². The van der Waals surface area contributed by atoms with Gasteiger partial charge < -0.3 is 9.68 Å². The fourth-order valence-electron chi connectivity index (χ4n) is 0. The van der Waals surface area contributed by atoms with Gasteiger partial charge in [-0.15, -0.1) is 0 Å². The quantitative estimate of drug-likeness (QED) is 0.389. The van der Waals surface area contributed by atoms with Crippen LogP contribution in [-0.4, -0.2) is 17.0 Å². The van der Waals surface area contributed by atoms with E-state index in [1.165, 1.54) is 13.8 Å². The van der Waals surface area contributed by atoms with Gasteiger partial charge in [-0.1, -0.05) is 0 Å². The maximum Gasteiger partial charge on any atom is 0.339 e. The molecule has 0 radical (unpaired) electrons. The Balaban J connectivity index is 0. The summed E-state index contributed by atoms with van der Waals surface area (Å²) in [5, 5.41) is 7.29. The van der Waals surface area contributed by atoms with E-state index in [-0.39, 0.29) is 5.78 Å². The minimum Gasteiger partial charge on any atom is -0.301 e. The number of hydrogen-bond donors (Lipinski definition) is 1. The molecule has 54 valence electrons. The third-order valence-corrected chi connectivity index (χ3v) is 0.129. The van der Waals surface area contributed by atoms with Crippen molar-refractivity contribution in [2.45, 2.75) is 20.8 Å². The van der Waals surface area contributed by atoms with Crippen LogP contribution in [0.15, 0.2) is 0 Å². The smallest absolute Gasteiger partial charge is 0.301 e. The summed E-state index contributed by atoms with van der Waals surface area (Å²) in [6.07, 6.45) is 0. The van der Waals surface area contributed by atoms with Crippen LogP contribution in [0.25, 0.3) is 0 Å². The van der Waals surface area contributed by atoms with Crippen LogP contribution < -0.4 is 0 Å². The van der Waals surface area contributed by atoms with Crippen LogP contribution in [0.4, 0.5) is 0 Å². The molecule has 0 bridgehead atoms. The highest BCUT2D eigenvalue weighted by Crippen LogP contribution is 1.59. The molecule has 0 fully saturated rings. The van der Waals surface area contributed by atoms with E-state index in [1.807, 2.05) is 0 Å². The van der Waals surface area contributed by atoms with E-state index in [0.29, 0.717) is 0 Å². The lowest BCUT2D eigenvalue weighted by atomic mass is 10.6. The average molecular weight is 134 g/mol. The largest absolute Gasteiger partial charge is 0.339 e. The summed E-state index contributed by atoms with van der Waals surface area (Å²) in [6.45, 7) is 4.17. The molecule has 9 heavy (non-hydrogen) atoms. The molecule has 0 rings (SSSR count). The minimum absolute atomic E-state index is 0.167. The van der Waals surface area contributed by atoms with E-state index in [0.717, 1.165) is 6.92 Å². The third kappa shape index (κ3) is 153. The van der Waals surface area contributed by atoms with Gasteiger partial charge in [0, 0.05) is 6.92 Å². The van der Waals surface area contributed by atoms with Gasteiger partial charge in [0.25, 0.3) is 0 Å². The second-order valence-electron chi connectivity index (χ2n) is 1.49. The Bertz CT molecular complexity index is 93.1. The number of carbonyl (C=O) groups is 2. The molecule has 0 aliphatic heterocycles. The fraction of sp³-hybridized carbons (Fsp3) is 0.600. The molecule has 4 nitrogen and oxygen atoms in total. The first-order valence-electron chi connectivity index (χ1n) is 2.29. The van der Waals surface area contributed by atoms with Gasteiger partial charge >= 0.3 is 5.97 Å². The van der Waals surface area contributed by atoms with Crippen molar-refractivity contribution in [1.82, 2.24) is 0 Å². The topological polar surface area (TPSA) is 63.6 Å². The van der Waals surface area contributed by atoms with E-state index in [9.17, 15) is 9.59 Å². The summed E-state index contributed by atoms with van der Waals surface area (Å²) in [7, 11) is 0. The molecule has 0 heterocycles. The summed E-state index contributed by atoms with van der Waals surface area (Å²) in [5.74, 6) is -0.523. The van der Waals surface area contributed by atoms with Crippen molar-refractivity contribution >= 4 is 11.8 Å². The lowest BCUT2D eigenvalue weighted by molar-refractivity contribution is -0.231. The zero-order valence-electron chi connectivity index (χ0n) is 5.67. The van der Waals surface area contributed by atoms with Crippen LogP contribution in [0, 0.1) is 0 Å². The molecule has 1 N–H and O–H groups in total. The Hall–Kier alpha value is -0.900. The highest BCUT2D eigenvalue weighted by molar-refractivity contribution is 5.72. The number of hydrogen-bond acceptors (Lipinski definition) is 4. The van der Waals surface area contributed by atoms with Gasteiger partial charge in [-0.25, -0.2) is 4.79 Å². The first kappa shape index (κ1) is 11.0. The van der Waals surface area contributed by atoms with Crippen LogP contribution in [-0.2, 0) is 14.5 Å². The van der Waals surface area contributed by atoms with Crippen molar-refractivity contribution in [3.8, 4) is 0 Å². The third-order valence-electron chi connectivity index (χ3n) is 0.129. The number of ketones is 1. The summed E-state index contributed by atoms with van der Waals surface area (Å²) < 4.78 is 0. The van der Waals surface area contributed by atoms with E-state index < -0.39 is 5.97 Å². The van der Waals surface area contributed by atoms with Gasteiger partial charge in [0.05, 0.1) is 0 Å². The molecule has 0 aromatic rings. The summed E-state index contributed by atoms with van der Waals surface area (Å²) >= 11 is 0. The highest BCUT2D eigenvalue weighted by atomic mass is 17.1. The Labute approximate surface area is 53.4 Å². The Morgan fingerprint density at radius 2 is 1.33 bits per heavy atom. The minimum atomic E-state index is -0.690. The average Bonchev–Trinajstić information content (AvgIpc) is 1.65. The molecule has 0 saturated carbocycles. The summed E-state index contributed by atoms with van der Waals surface area (Å²) in [5.41, 5.74) is 0. The Kier molecular flexibility index (Phi) is 8.66. The zero-order chi connectivity index (χ0) is 7.86. The van der Waals surface area contributed by atoms with Crippen LogP contribution in [0.1, 0.15) is 20.8 Å². The SMILES string of the molecule is CC(=O)OO.CC(C)=O. The molecule has 0 atom stereocenters. The monoisotopic (exact) mass is 134 g/mol. The van der Waals surface area contributed by atoms with E-state index in [1.54, 1.807) is 0 Å².